The Hall–Kier alpha value is -2.13. The van der Waals surface area contributed by atoms with Crippen molar-refractivity contribution < 1.29 is 15.0 Å². The summed E-state index contributed by atoms with van der Waals surface area (Å²) in [6.45, 7) is 5.73. The lowest BCUT2D eigenvalue weighted by Gasteiger charge is -2.07. The van der Waals surface area contributed by atoms with E-state index in [2.05, 4.69) is 0 Å². The van der Waals surface area contributed by atoms with Crippen LogP contribution < -0.4 is 0 Å². The molecule has 0 aromatic heterocycles. The summed E-state index contributed by atoms with van der Waals surface area (Å²) in [5, 5.41) is 18.2. The van der Waals surface area contributed by atoms with E-state index < -0.39 is 5.97 Å². The van der Waals surface area contributed by atoms with E-state index in [1.165, 1.54) is 0 Å². The maximum absolute atomic E-state index is 11.1. The first-order valence-corrected chi connectivity index (χ1v) is 6.66. The Morgan fingerprint density at radius 3 is 2.05 bits per heavy atom. The highest BCUT2D eigenvalue weighted by molar-refractivity contribution is 5.91. The lowest BCUT2D eigenvalue weighted by Crippen LogP contribution is -2.02. The molecule has 106 valence electrons. The molecule has 0 unspecified atom stereocenters. The number of aryl methyl sites for hydroxylation is 1. The van der Waals surface area contributed by atoms with Crippen LogP contribution in [0.15, 0.2) is 42.5 Å². The topological polar surface area (TPSA) is 57.5 Å². The summed E-state index contributed by atoms with van der Waals surface area (Å²) >= 11 is 0. The molecule has 2 aromatic carbocycles. The predicted octanol–water partition coefficient (Wildman–Crippen LogP) is 3.88. The molecule has 0 amide bonds. The lowest BCUT2D eigenvalue weighted by atomic mass is 9.99. The van der Waals surface area contributed by atoms with Crippen molar-refractivity contribution in [2.24, 2.45) is 0 Å². The van der Waals surface area contributed by atoms with Gasteiger partial charge in [-0.05, 0) is 29.7 Å². The number of carbonyl (C=O) groups is 1. The normalized spacial score (nSPS) is 9.60. The second kappa shape index (κ2) is 7.46. The van der Waals surface area contributed by atoms with Gasteiger partial charge in [0.15, 0.2) is 0 Å². The number of aliphatic hydroxyl groups excluding tert-OH is 1. The van der Waals surface area contributed by atoms with E-state index in [0.717, 1.165) is 16.7 Å². The van der Waals surface area contributed by atoms with Crippen molar-refractivity contribution in [2.75, 3.05) is 0 Å². The van der Waals surface area contributed by atoms with Crippen molar-refractivity contribution in [3.8, 4) is 11.1 Å². The number of carboxylic acids is 1. The van der Waals surface area contributed by atoms with Gasteiger partial charge in [0.05, 0.1) is 12.2 Å². The maximum Gasteiger partial charge on any atom is 0.336 e. The van der Waals surface area contributed by atoms with Gasteiger partial charge in [-0.1, -0.05) is 55.8 Å². The van der Waals surface area contributed by atoms with E-state index >= 15 is 0 Å². The first kappa shape index (κ1) is 15.9. The van der Waals surface area contributed by atoms with Gasteiger partial charge < -0.3 is 10.2 Å². The second-order valence-corrected chi connectivity index (χ2v) is 4.20. The van der Waals surface area contributed by atoms with Gasteiger partial charge in [-0.25, -0.2) is 4.79 Å². The zero-order chi connectivity index (χ0) is 15.1. The largest absolute Gasteiger partial charge is 0.478 e. The van der Waals surface area contributed by atoms with Gasteiger partial charge in [-0.2, -0.15) is 0 Å². The number of carboxylic acid groups (broad SMARTS) is 1. The first-order chi connectivity index (χ1) is 9.61. The molecule has 2 rings (SSSR count). The molecule has 3 nitrogen and oxygen atoms in total. The van der Waals surface area contributed by atoms with Crippen molar-refractivity contribution in [2.45, 2.75) is 27.4 Å². The number of hydrogen-bond donors (Lipinski definition) is 2. The third-order valence-corrected chi connectivity index (χ3v) is 2.90. The standard InChI is InChI=1S/C15H14O3.C2H6/c1-10-2-4-11(5-3-10)12-6-7-13(9-16)14(8-12)15(17)18;1-2/h2-8,16H,9H2,1H3,(H,17,18);1-2H3. The number of aliphatic hydroxyl groups is 1. The van der Waals surface area contributed by atoms with E-state index in [9.17, 15) is 4.79 Å². The van der Waals surface area contributed by atoms with Gasteiger partial charge in [0.1, 0.15) is 0 Å². The minimum atomic E-state index is -1.02. The van der Waals surface area contributed by atoms with Gasteiger partial charge in [-0.3, -0.25) is 0 Å². The van der Waals surface area contributed by atoms with Gasteiger partial charge in [0.25, 0.3) is 0 Å². The van der Waals surface area contributed by atoms with E-state index in [1.807, 2.05) is 51.1 Å². The van der Waals surface area contributed by atoms with Gasteiger partial charge in [0, 0.05) is 0 Å². The van der Waals surface area contributed by atoms with Crippen molar-refractivity contribution in [1.29, 1.82) is 0 Å². The fraction of sp³-hybridized carbons (Fsp3) is 0.235. The summed E-state index contributed by atoms with van der Waals surface area (Å²) < 4.78 is 0. The summed E-state index contributed by atoms with van der Waals surface area (Å²) in [5.41, 5.74) is 3.54. The Balaban J connectivity index is 0.000000956. The average Bonchev–Trinajstić information content (AvgIpc) is 2.49. The molecule has 20 heavy (non-hydrogen) atoms. The molecule has 2 N–H and O–H groups in total. The fourth-order valence-corrected chi connectivity index (χ4v) is 1.84. The zero-order valence-electron chi connectivity index (χ0n) is 12.1. The van der Waals surface area contributed by atoms with Crippen LogP contribution in [0.5, 0.6) is 0 Å². The molecule has 0 atom stereocenters. The molecule has 3 heteroatoms. The number of hydrogen-bond acceptors (Lipinski definition) is 2. The molecular weight excluding hydrogens is 252 g/mol. The average molecular weight is 272 g/mol. The predicted molar refractivity (Wildman–Crippen MR) is 80.8 cm³/mol. The molecule has 0 saturated heterocycles. The Labute approximate surface area is 119 Å². The van der Waals surface area contributed by atoms with E-state index in [1.54, 1.807) is 12.1 Å². The van der Waals surface area contributed by atoms with Gasteiger partial charge in [0.2, 0.25) is 0 Å². The quantitative estimate of drug-likeness (QED) is 0.891. The fourth-order valence-electron chi connectivity index (χ4n) is 1.84. The summed E-state index contributed by atoms with van der Waals surface area (Å²) in [7, 11) is 0. The Kier molecular flexibility index (Phi) is 5.94. The van der Waals surface area contributed by atoms with Crippen molar-refractivity contribution in [3.05, 3.63) is 59.2 Å². The molecule has 0 spiro atoms. The summed E-state index contributed by atoms with van der Waals surface area (Å²) in [4.78, 5) is 11.1. The smallest absolute Gasteiger partial charge is 0.336 e. The number of aromatic carboxylic acids is 1. The monoisotopic (exact) mass is 272 g/mol. The first-order valence-electron chi connectivity index (χ1n) is 6.66. The van der Waals surface area contributed by atoms with Crippen molar-refractivity contribution in [3.63, 3.8) is 0 Å². The second-order valence-electron chi connectivity index (χ2n) is 4.20. The lowest BCUT2D eigenvalue weighted by molar-refractivity contribution is 0.0693. The van der Waals surface area contributed by atoms with Crippen LogP contribution in [0.1, 0.15) is 35.3 Å². The van der Waals surface area contributed by atoms with Gasteiger partial charge >= 0.3 is 5.97 Å². The van der Waals surface area contributed by atoms with E-state index in [-0.39, 0.29) is 12.2 Å². The van der Waals surface area contributed by atoms with Crippen LogP contribution in [0.3, 0.4) is 0 Å². The Bertz CT molecular complexity index is 571. The van der Waals surface area contributed by atoms with Crippen LogP contribution in [0.25, 0.3) is 11.1 Å². The third kappa shape index (κ3) is 3.68. The number of rotatable bonds is 3. The highest BCUT2D eigenvalue weighted by Crippen LogP contribution is 2.23. The highest BCUT2D eigenvalue weighted by Gasteiger charge is 2.10. The summed E-state index contributed by atoms with van der Waals surface area (Å²) in [6, 6.07) is 12.9. The minimum absolute atomic E-state index is 0.149. The molecule has 2 aromatic rings. The molecular formula is C17H20O3. The zero-order valence-corrected chi connectivity index (χ0v) is 12.1. The SMILES string of the molecule is CC.Cc1ccc(-c2ccc(CO)c(C(=O)O)c2)cc1. The summed E-state index contributed by atoms with van der Waals surface area (Å²) in [6.07, 6.45) is 0. The van der Waals surface area contributed by atoms with Crippen molar-refractivity contribution in [1.82, 2.24) is 0 Å². The van der Waals surface area contributed by atoms with Crippen LogP contribution in [0, 0.1) is 6.92 Å². The van der Waals surface area contributed by atoms with Crippen LogP contribution in [-0.2, 0) is 6.61 Å². The van der Waals surface area contributed by atoms with E-state index in [0.29, 0.717) is 5.56 Å². The molecule has 0 saturated carbocycles. The van der Waals surface area contributed by atoms with E-state index in [4.69, 9.17) is 10.2 Å². The molecule has 0 radical (unpaired) electrons. The van der Waals surface area contributed by atoms with Crippen molar-refractivity contribution >= 4 is 5.97 Å². The molecule has 0 heterocycles. The highest BCUT2D eigenvalue weighted by atomic mass is 16.4. The minimum Gasteiger partial charge on any atom is -0.478 e. The Morgan fingerprint density at radius 2 is 1.55 bits per heavy atom. The molecule has 0 aliphatic rings. The van der Waals surface area contributed by atoms with Crippen LogP contribution in [-0.4, -0.2) is 16.2 Å². The third-order valence-electron chi connectivity index (χ3n) is 2.90. The molecule has 0 fully saturated rings. The van der Waals surface area contributed by atoms with Crippen LogP contribution in [0.4, 0.5) is 0 Å². The number of benzene rings is 2. The summed E-state index contributed by atoms with van der Waals surface area (Å²) in [5.74, 6) is -1.02. The molecule has 0 aliphatic carbocycles. The van der Waals surface area contributed by atoms with Gasteiger partial charge in [-0.15, -0.1) is 0 Å². The molecule has 0 bridgehead atoms. The van der Waals surface area contributed by atoms with Crippen LogP contribution in [0.2, 0.25) is 0 Å². The van der Waals surface area contributed by atoms with Crippen LogP contribution >= 0.6 is 0 Å². The Morgan fingerprint density at radius 1 is 1.00 bits per heavy atom. The maximum atomic E-state index is 11.1. The molecule has 0 aliphatic heterocycles.